The highest BCUT2D eigenvalue weighted by Crippen LogP contribution is 2.32. The number of ether oxygens (including phenoxy) is 2. The fourth-order valence-electron chi connectivity index (χ4n) is 3.68. The monoisotopic (exact) mass is 513 g/mol. The van der Waals surface area contributed by atoms with Gasteiger partial charge in [-0.05, 0) is 44.4 Å². The van der Waals surface area contributed by atoms with Gasteiger partial charge in [0.2, 0.25) is 5.91 Å². The standard InChI is InChI=1S/C25H31N5O5S/c1-15(2)19-9-7-8-10-21(19)35-17(5)24-27-28-25(29(24)16(3)4)36-14-23(31)26-20-13-18(30(32)33)11-12-22(20)34-6/h7-13,15-17H,14H2,1-6H3,(H,26,31). The van der Waals surface area contributed by atoms with Crippen molar-refractivity contribution in [3.8, 4) is 11.5 Å². The Morgan fingerprint density at radius 2 is 1.83 bits per heavy atom. The molecule has 10 nitrogen and oxygen atoms in total. The maximum absolute atomic E-state index is 12.7. The number of non-ortho nitro benzene ring substituents is 1. The van der Waals surface area contributed by atoms with E-state index in [1.807, 2.05) is 43.5 Å². The third-order valence-corrected chi connectivity index (χ3v) is 6.36. The zero-order valence-corrected chi connectivity index (χ0v) is 22.0. The van der Waals surface area contributed by atoms with Crippen LogP contribution in [0.4, 0.5) is 11.4 Å². The van der Waals surface area contributed by atoms with Crippen molar-refractivity contribution >= 4 is 29.0 Å². The van der Waals surface area contributed by atoms with E-state index in [4.69, 9.17) is 9.47 Å². The number of hydrogen-bond donors (Lipinski definition) is 1. The van der Waals surface area contributed by atoms with Gasteiger partial charge in [-0.1, -0.05) is 43.8 Å². The summed E-state index contributed by atoms with van der Waals surface area (Å²) in [7, 11) is 1.43. The summed E-state index contributed by atoms with van der Waals surface area (Å²) < 4.78 is 13.4. The van der Waals surface area contributed by atoms with Crippen molar-refractivity contribution in [2.24, 2.45) is 0 Å². The molecule has 2 aromatic carbocycles. The number of aromatic nitrogens is 3. The lowest BCUT2D eigenvalue weighted by molar-refractivity contribution is -0.384. The summed E-state index contributed by atoms with van der Waals surface area (Å²) in [6, 6.07) is 12.0. The van der Waals surface area contributed by atoms with Crippen molar-refractivity contribution in [2.45, 2.75) is 57.8 Å². The van der Waals surface area contributed by atoms with E-state index in [2.05, 4.69) is 35.4 Å². The van der Waals surface area contributed by atoms with Gasteiger partial charge in [-0.15, -0.1) is 10.2 Å². The number of benzene rings is 2. The van der Waals surface area contributed by atoms with Crippen molar-refractivity contribution < 1.29 is 19.2 Å². The highest BCUT2D eigenvalue weighted by molar-refractivity contribution is 7.99. The van der Waals surface area contributed by atoms with Crippen LogP contribution >= 0.6 is 11.8 Å². The number of hydrogen-bond acceptors (Lipinski definition) is 8. The predicted octanol–water partition coefficient (Wildman–Crippen LogP) is 5.77. The van der Waals surface area contributed by atoms with Crippen LogP contribution in [0.1, 0.15) is 64.1 Å². The summed E-state index contributed by atoms with van der Waals surface area (Å²) >= 11 is 1.23. The minimum atomic E-state index is -0.528. The summed E-state index contributed by atoms with van der Waals surface area (Å²) in [5, 5.41) is 23.0. The molecule has 36 heavy (non-hydrogen) atoms. The zero-order chi connectivity index (χ0) is 26.4. The molecule has 0 bridgehead atoms. The number of amides is 1. The minimum absolute atomic E-state index is 0.0299. The molecular weight excluding hydrogens is 482 g/mol. The van der Waals surface area contributed by atoms with Gasteiger partial charge in [0.25, 0.3) is 5.69 Å². The van der Waals surface area contributed by atoms with Crippen LogP contribution in [0.25, 0.3) is 0 Å². The lowest BCUT2D eigenvalue weighted by Crippen LogP contribution is -2.17. The van der Waals surface area contributed by atoms with Crippen LogP contribution < -0.4 is 14.8 Å². The largest absolute Gasteiger partial charge is 0.495 e. The molecule has 0 aliphatic rings. The third kappa shape index (κ3) is 6.34. The summed E-state index contributed by atoms with van der Waals surface area (Å²) in [5.74, 6) is 1.78. The number of rotatable bonds is 11. The molecule has 0 saturated heterocycles. The van der Waals surface area contributed by atoms with Crippen molar-refractivity contribution in [3.05, 3.63) is 64.0 Å². The number of carbonyl (C=O) groups excluding carboxylic acids is 1. The van der Waals surface area contributed by atoms with Gasteiger partial charge in [0.15, 0.2) is 17.1 Å². The Hall–Kier alpha value is -3.60. The van der Waals surface area contributed by atoms with Gasteiger partial charge in [0.05, 0.1) is 23.5 Å². The molecule has 1 atom stereocenters. The van der Waals surface area contributed by atoms with Crippen LogP contribution in [0, 0.1) is 10.1 Å². The first kappa shape index (κ1) is 27.0. The fraction of sp³-hybridized carbons (Fsp3) is 0.400. The lowest BCUT2D eigenvalue weighted by Gasteiger charge is -2.21. The number of nitrogens with one attached hydrogen (secondary N) is 1. The van der Waals surface area contributed by atoms with Crippen molar-refractivity contribution in [2.75, 3.05) is 18.2 Å². The number of carbonyl (C=O) groups is 1. The number of nitro benzene ring substituents is 1. The van der Waals surface area contributed by atoms with E-state index in [0.717, 1.165) is 11.3 Å². The molecule has 1 unspecified atom stereocenters. The quantitative estimate of drug-likeness (QED) is 0.195. The van der Waals surface area contributed by atoms with Gasteiger partial charge >= 0.3 is 0 Å². The molecule has 3 rings (SSSR count). The smallest absolute Gasteiger partial charge is 0.271 e. The molecule has 192 valence electrons. The van der Waals surface area contributed by atoms with Crippen LogP contribution in [-0.2, 0) is 4.79 Å². The second-order valence-electron chi connectivity index (χ2n) is 8.74. The summed E-state index contributed by atoms with van der Waals surface area (Å²) in [5.41, 5.74) is 1.20. The molecule has 0 saturated carbocycles. The Balaban J connectivity index is 1.74. The Kier molecular flexibility index (Phi) is 8.92. The average Bonchev–Trinajstić information content (AvgIpc) is 3.27. The normalized spacial score (nSPS) is 12.0. The van der Waals surface area contributed by atoms with Crippen LogP contribution in [0.15, 0.2) is 47.6 Å². The number of para-hydroxylation sites is 1. The molecule has 1 heterocycles. The van der Waals surface area contributed by atoms with Gasteiger partial charge in [0, 0.05) is 18.2 Å². The van der Waals surface area contributed by atoms with Gasteiger partial charge in [0.1, 0.15) is 11.5 Å². The van der Waals surface area contributed by atoms with Gasteiger partial charge in [-0.3, -0.25) is 14.9 Å². The van der Waals surface area contributed by atoms with E-state index in [1.165, 1.54) is 37.1 Å². The minimum Gasteiger partial charge on any atom is -0.495 e. The topological polar surface area (TPSA) is 121 Å². The van der Waals surface area contributed by atoms with Gasteiger partial charge in [-0.2, -0.15) is 0 Å². The molecular formula is C25H31N5O5S. The summed E-state index contributed by atoms with van der Waals surface area (Å²) in [6.07, 6.45) is -0.364. The fourth-order valence-corrected chi connectivity index (χ4v) is 4.56. The molecule has 0 spiro atoms. The Morgan fingerprint density at radius 3 is 2.47 bits per heavy atom. The first-order valence-corrected chi connectivity index (χ1v) is 12.6. The molecule has 1 amide bonds. The van der Waals surface area contributed by atoms with E-state index in [-0.39, 0.29) is 35.2 Å². The second kappa shape index (κ2) is 11.9. The van der Waals surface area contributed by atoms with E-state index >= 15 is 0 Å². The van der Waals surface area contributed by atoms with E-state index in [9.17, 15) is 14.9 Å². The first-order valence-electron chi connectivity index (χ1n) is 11.6. The number of methoxy groups -OCH3 is 1. The molecule has 1 aromatic heterocycles. The molecule has 0 aliphatic carbocycles. The molecule has 3 aromatic rings. The van der Waals surface area contributed by atoms with Crippen LogP contribution in [0.3, 0.4) is 0 Å². The Morgan fingerprint density at radius 1 is 1.11 bits per heavy atom. The Bertz CT molecular complexity index is 1230. The molecule has 0 aliphatic heterocycles. The van der Waals surface area contributed by atoms with E-state index in [1.54, 1.807) is 0 Å². The molecule has 11 heteroatoms. The van der Waals surface area contributed by atoms with Gasteiger partial charge in [-0.25, -0.2) is 0 Å². The number of nitrogens with zero attached hydrogens (tertiary/aromatic N) is 4. The van der Waals surface area contributed by atoms with Gasteiger partial charge < -0.3 is 19.4 Å². The number of thioether (sulfide) groups is 1. The highest BCUT2D eigenvalue weighted by atomic mass is 32.2. The highest BCUT2D eigenvalue weighted by Gasteiger charge is 2.23. The van der Waals surface area contributed by atoms with Crippen LogP contribution in [-0.4, -0.2) is 38.5 Å². The average molecular weight is 514 g/mol. The SMILES string of the molecule is COc1ccc([N+](=O)[O-])cc1NC(=O)CSc1nnc(C(C)Oc2ccccc2C(C)C)n1C(C)C. The zero-order valence-electron chi connectivity index (χ0n) is 21.2. The maximum Gasteiger partial charge on any atom is 0.271 e. The second-order valence-corrected chi connectivity index (χ2v) is 9.68. The van der Waals surface area contributed by atoms with E-state index < -0.39 is 4.92 Å². The third-order valence-electron chi connectivity index (χ3n) is 5.42. The Labute approximate surface area is 214 Å². The van der Waals surface area contributed by atoms with Crippen LogP contribution in [0.5, 0.6) is 11.5 Å². The van der Waals surface area contributed by atoms with Crippen molar-refractivity contribution in [1.29, 1.82) is 0 Å². The first-order chi connectivity index (χ1) is 17.1. The number of anilines is 1. The molecule has 0 radical (unpaired) electrons. The molecule has 1 N–H and O–H groups in total. The van der Waals surface area contributed by atoms with Crippen molar-refractivity contribution in [3.63, 3.8) is 0 Å². The summed E-state index contributed by atoms with van der Waals surface area (Å²) in [4.78, 5) is 23.2. The van der Waals surface area contributed by atoms with E-state index in [0.29, 0.717) is 22.6 Å². The number of nitro groups is 1. The lowest BCUT2D eigenvalue weighted by atomic mass is 10.0. The summed E-state index contributed by atoms with van der Waals surface area (Å²) in [6.45, 7) is 10.2. The maximum atomic E-state index is 12.7. The van der Waals surface area contributed by atoms with Crippen molar-refractivity contribution in [1.82, 2.24) is 14.8 Å². The van der Waals surface area contributed by atoms with Crippen LogP contribution in [0.2, 0.25) is 0 Å². The molecule has 0 fully saturated rings. The predicted molar refractivity (Wildman–Crippen MR) is 139 cm³/mol.